The first-order chi connectivity index (χ1) is 12.1. The summed E-state index contributed by atoms with van der Waals surface area (Å²) in [5.41, 5.74) is 2.09. The Kier molecular flexibility index (Phi) is 5.36. The first-order valence-electron chi connectivity index (χ1n) is 7.76. The highest BCUT2D eigenvalue weighted by molar-refractivity contribution is 7.80. The number of nitrogens with zero attached hydrogens (tertiary/aromatic N) is 1. The summed E-state index contributed by atoms with van der Waals surface area (Å²) in [5, 5.41) is 3.21. The molecule has 0 aromatic heterocycles. The second kappa shape index (κ2) is 7.85. The SMILES string of the molecule is Fc1ccc(NC(=S)N(Cc2ccccc2)c2ccccc2)c(F)c1. The van der Waals surface area contributed by atoms with E-state index < -0.39 is 11.6 Å². The third-order valence-electron chi connectivity index (χ3n) is 3.67. The van der Waals surface area contributed by atoms with Crippen LogP contribution < -0.4 is 10.2 Å². The van der Waals surface area contributed by atoms with E-state index in [0.29, 0.717) is 11.7 Å². The smallest absolute Gasteiger partial charge is 0.178 e. The van der Waals surface area contributed by atoms with Gasteiger partial charge in [-0.05, 0) is 42.0 Å². The number of para-hydroxylation sites is 1. The van der Waals surface area contributed by atoms with Crippen molar-refractivity contribution in [3.63, 3.8) is 0 Å². The van der Waals surface area contributed by atoms with Crippen molar-refractivity contribution in [1.82, 2.24) is 0 Å². The highest BCUT2D eigenvalue weighted by Crippen LogP contribution is 2.21. The van der Waals surface area contributed by atoms with E-state index in [-0.39, 0.29) is 5.69 Å². The first kappa shape index (κ1) is 17.0. The quantitative estimate of drug-likeness (QED) is 0.634. The number of hydrogen-bond donors (Lipinski definition) is 1. The molecule has 25 heavy (non-hydrogen) atoms. The Bertz CT molecular complexity index is 854. The van der Waals surface area contributed by atoms with Crippen LogP contribution in [0.1, 0.15) is 5.56 Å². The van der Waals surface area contributed by atoms with Gasteiger partial charge >= 0.3 is 0 Å². The third kappa shape index (κ3) is 4.39. The number of anilines is 2. The van der Waals surface area contributed by atoms with E-state index in [1.54, 1.807) is 0 Å². The predicted octanol–water partition coefficient (Wildman–Crippen LogP) is 5.37. The summed E-state index contributed by atoms with van der Waals surface area (Å²) in [6, 6.07) is 22.8. The molecular formula is C20H16F2N2S. The molecule has 0 aliphatic heterocycles. The van der Waals surface area contributed by atoms with E-state index in [1.807, 2.05) is 65.6 Å². The van der Waals surface area contributed by atoms with Gasteiger partial charge in [0, 0.05) is 11.8 Å². The summed E-state index contributed by atoms with van der Waals surface area (Å²) < 4.78 is 27.0. The van der Waals surface area contributed by atoms with E-state index >= 15 is 0 Å². The van der Waals surface area contributed by atoms with Crippen molar-refractivity contribution >= 4 is 28.7 Å². The molecule has 126 valence electrons. The molecule has 0 saturated heterocycles. The molecule has 0 radical (unpaired) electrons. The maximum Gasteiger partial charge on any atom is 0.178 e. The summed E-state index contributed by atoms with van der Waals surface area (Å²) >= 11 is 5.49. The molecule has 3 aromatic rings. The van der Waals surface area contributed by atoms with Crippen molar-refractivity contribution < 1.29 is 8.78 Å². The van der Waals surface area contributed by atoms with Gasteiger partial charge in [0.2, 0.25) is 0 Å². The normalized spacial score (nSPS) is 10.3. The van der Waals surface area contributed by atoms with Crippen LogP contribution >= 0.6 is 12.2 Å². The van der Waals surface area contributed by atoms with Crippen LogP contribution in [0, 0.1) is 11.6 Å². The average Bonchev–Trinajstić information content (AvgIpc) is 2.63. The van der Waals surface area contributed by atoms with E-state index in [9.17, 15) is 8.78 Å². The number of hydrogen-bond acceptors (Lipinski definition) is 1. The molecule has 0 unspecified atom stereocenters. The van der Waals surface area contributed by atoms with Gasteiger partial charge in [-0.3, -0.25) is 0 Å². The molecule has 0 atom stereocenters. The molecule has 0 heterocycles. The lowest BCUT2D eigenvalue weighted by molar-refractivity contribution is 0.586. The van der Waals surface area contributed by atoms with Crippen LogP contribution in [0.2, 0.25) is 0 Å². The van der Waals surface area contributed by atoms with E-state index in [1.165, 1.54) is 12.1 Å². The molecule has 0 fully saturated rings. The fourth-order valence-electron chi connectivity index (χ4n) is 2.43. The Morgan fingerprint density at radius 2 is 1.52 bits per heavy atom. The average molecular weight is 354 g/mol. The summed E-state index contributed by atoms with van der Waals surface area (Å²) in [4.78, 5) is 1.87. The molecule has 1 N–H and O–H groups in total. The Balaban J connectivity index is 1.87. The van der Waals surface area contributed by atoms with Gasteiger partial charge in [-0.25, -0.2) is 8.78 Å². The van der Waals surface area contributed by atoms with Gasteiger partial charge in [-0.2, -0.15) is 0 Å². The standard InChI is InChI=1S/C20H16F2N2S/c21-16-11-12-19(18(22)13-16)23-20(25)24(17-9-5-2-6-10-17)14-15-7-3-1-4-8-15/h1-13H,14H2,(H,23,25). The molecule has 0 bridgehead atoms. The number of thiocarbonyl (C=S) groups is 1. The van der Waals surface area contributed by atoms with Crippen LogP contribution in [-0.2, 0) is 6.54 Å². The zero-order chi connectivity index (χ0) is 17.6. The van der Waals surface area contributed by atoms with Gasteiger partial charge in [0.15, 0.2) is 5.11 Å². The second-order valence-electron chi connectivity index (χ2n) is 5.46. The van der Waals surface area contributed by atoms with Gasteiger partial charge in [-0.1, -0.05) is 48.5 Å². The Morgan fingerprint density at radius 1 is 0.880 bits per heavy atom. The van der Waals surface area contributed by atoms with Crippen LogP contribution in [0.25, 0.3) is 0 Å². The molecule has 3 rings (SSSR count). The Labute approximate surface area is 150 Å². The van der Waals surface area contributed by atoms with Gasteiger partial charge < -0.3 is 10.2 Å². The lowest BCUT2D eigenvalue weighted by atomic mass is 10.2. The minimum Gasteiger partial charge on any atom is -0.330 e. The van der Waals surface area contributed by atoms with Gasteiger partial charge in [0.25, 0.3) is 0 Å². The van der Waals surface area contributed by atoms with Crippen molar-refractivity contribution in [2.45, 2.75) is 6.54 Å². The molecule has 0 amide bonds. The maximum absolute atomic E-state index is 13.9. The Hall–Kier alpha value is -2.79. The lowest BCUT2D eigenvalue weighted by Crippen LogP contribution is -2.34. The topological polar surface area (TPSA) is 15.3 Å². The zero-order valence-electron chi connectivity index (χ0n) is 13.3. The number of nitrogens with one attached hydrogen (secondary N) is 1. The van der Waals surface area contributed by atoms with Crippen molar-refractivity contribution in [2.75, 3.05) is 10.2 Å². The lowest BCUT2D eigenvalue weighted by Gasteiger charge is -2.26. The number of halogens is 2. The molecule has 0 spiro atoms. The largest absolute Gasteiger partial charge is 0.330 e. The molecule has 0 aliphatic carbocycles. The van der Waals surface area contributed by atoms with Crippen molar-refractivity contribution in [2.24, 2.45) is 0 Å². The van der Waals surface area contributed by atoms with Crippen LogP contribution in [0.3, 0.4) is 0 Å². The van der Waals surface area contributed by atoms with Crippen LogP contribution in [0.15, 0.2) is 78.9 Å². The highest BCUT2D eigenvalue weighted by atomic mass is 32.1. The fraction of sp³-hybridized carbons (Fsp3) is 0.0500. The van der Waals surface area contributed by atoms with Gasteiger partial charge in [0.1, 0.15) is 11.6 Å². The fourth-order valence-corrected chi connectivity index (χ4v) is 2.71. The monoisotopic (exact) mass is 354 g/mol. The van der Waals surface area contributed by atoms with Crippen LogP contribution in [0.4, 0.5) is 20.2 Å². The summed E-state index contributed by atoms with van der Waals surface area (Å²) in [6.45, 7) is 0.527. The van der Waals surface area contributed by atoms with E-state index in [2.05, 4.69) is 5.32 Å². The Morgan fingerprint density at radius 3 is 2.16 bits per heavy atom. The summed E-state index contributed by atoms with van der Waals surface area (Å²) in [5.74, 6) is -1.31. The molecule has 2 nitrogen and oxygen atoms in total. The number of benzene rings is 3. The minimum absolute atomic E-state index is 0.139. The molecular weight excluding hydrogens is 338 g/mol. The maximum atomic E-state index is 13.9. The second-order valence-corrected chi connectivity index (χ2v) is 5.85. The van der Waals surface area contributed by atoms with Crippen molar-refractivity contribution in [3.8, 4) is 0 Å². The predicted molar refractivity (Wildman–Crippen MR) is 102 cm³/mol. The minimum atomic E-state index is -0.685. The van der Waals surface area contributed by atoms with Gasteiger partial charge in [-0.15, -0.1) is 0 Å². The van der Waals surface area contributed by atoms with Gasteiger partial charge in [0.05, 0.1) is 12.2 Å². The highest BCUT2D eigenvalue weighted by Gasteiger charge is 2.14. The summed E-state index contributed by atoms with van der Waals surface area (Å²) in [6.07, 6.45) is 0. The molecule has 3 aromatic carbocycles. The number of rotatable bonds is 4. The van der Waals surface area contributed by atoms with Crippen LogP contribution in [0.5, 0.6) is 0 Å². The zero-order valence-corrected chi connectivity index (χ0v) is 14.1. The van der Waals surface area contributed by atoms with E-state index in [0.717, 1.165) is 17.3 Å². The van der Waals surface area contributed by atoms with Crippen molar-refractivity contribution in [1.29, 1.82) is 0 Å². The third-order valence-corrected chi connectivity index (χ3v) is 3.99. The summed E-state index contributed by atoms with van der Waals surface area (Å²) in [7, 11) is 0. The van der Waals surface area contributed by atoms with Crippen molar-refractivity contribution in [3.05, 3.63) is 96.1 Å². The molecule has 5 heteroatoms. The van der Waals surface area contributed by atoms with E-state index in [4.69, 9.17) is 12.2 Å². The molecule has 0 saturated carbocycles. The molecule has 0 aliphatic rings. The van der Waals surface area contributed by atoms with Crippen LogP contribution in [-0.4, -0.2) is 5.11 Å². The first-order valence-corrected chi connectivity index (χ1v) is 8.17.